The van der Waals surface area contributed by atoms with Gasteiger partial charge in [0.15, 0.2) is 11.5 Å². The van der Waals surface area contributed by atoms with E-state index in [4.69, 9.17) is 14.2 Å². The van der Waals surface area contributed by atoms with Crippen LogP contribution in [-0.2, 0) is 22.6 Å². The predicted octanol–water partition coefficient (Wildman–Crippen LogP) is 5.70. The van der Waals surface area contributed by atoms with Gasteiger partial charge in [0.2, 0.25) is 0 Å². The topological polar surface area (TPSA) is 85.3 Å². The summed E-state index contributed by atoms with van der Waals surface area (Å²) >= 11 is 0. The molecule has 7 nitrogen and oxygen atoms in total. The van der Waals surface area contributed by atoms with Crippen LogP contribution in [0.2, 0.25) is 0 Å². The van der Waals surface area contributed by atoms with Crippen LogP contribution < -0.4 is 14.2 Å². The molecule has 4 aromatic carbocycles. The zero-order valence-corrected chi connectivity index (χ0v) is 22.4. The molecule has 2 aliphatic rings. The minimum Gasteiger partial charge on any atom is -0.507 e. The molecule has 0 radical (unpaired) electrons. The Bertz CT molecular complexity index is 1600. The van der Waals surface area contributed by atoms with Gasteiger partial charge in [-0.05, 0) is 53.4 Å². The number of rotatable bonds is 8. The van der Waals surface area contributed by atoms with Crippen molar-refractivity contribution < 1.29 is 28.9 Å². The second-order valence-corrected chi connectivity index (χ2v) is 9.93. The van der Waals surface area contributed by atoms with Crippen LogP contribution >= 0.6 is 0 Å². The van der Waals surface area contributed by atoms with Gasteiger partial charge in [-0.15, -0.1) is 0 Å². The van der Waals surface area contributed by atoms with Crippen LogP contribution in [0, 0.1) is 0 Å². The maximum atomic E-state index is 13.5. The summed E-state index contributed by atoms with van der Waals surface area (Å²) in [7, 11) is 0. The highest BCUT2D eigenvalue weighted by Crippen LogP contribution is 2.42. The first-order valence-corrected chi connectivity index (χ1v) is 13.6. The molecule has 4 aromatic rings. The monoisotopic (exact) mass is 547 g/mol. The highest BCUT2D eigenvalue weighted by Gasteiger charge is 2.46. The van der Waals surface area contributed by atoms with E-state index >= 15 is 0 Å². The number of aliphatic hydroxyl groups is 1. The number of hydrogen-bond donors (Lipinski definition) is 1. The van der Waals surface area contributed by atoms with E-state index < -0.39 is 17.7 Å². The number of fused-ring (bicyclic) bond motifs is 1. The Morgan fingerprint density at radius 2 is 1.51 bits per heavy atom. The molecule has 0 aromatic heterocycles. The largest absolute Gasteiger partial charge is 0.507 e. The van der Waals surface area contributed by atoms with Crippen LogP contribution in [0.1, 0.15) is 28.3 Å². The number of ether oxygens (including phenoxy) is 3. The molecule has 0 aliphatic carbocycles. The highest BCUT2D eigenvalue weighted by molar-refractivity contribution is 6.46. The number of ketones is 1. The van der Waals surface area contributed by atoms with Crippen molar-refractivity contribution in [2.24, 2.45) is 0 Å². The Hall–Kier alpha value is -5.04. The second-order valence-electron chi connectivity index (χ2n) is 9.93. The zero-order chi connectivity index (χ0) is 28.2. The number of benzene rings is 4. The highest BCUT2D eigenvalue weighted by atomic mass is 16.6. The maximum absolute atomic E-state index is 13.5. The third-order valence-electron chi connectivity index (χ3n) is 7.26. The zero-order valence-electron chi connectivity index (χ0n) is 22.4. The van der Waals surface area contributed by atoms with Crippen LogP contribution in [0.15, 0.2) is 109 Å². The van der Waals surface area contributed by atoms with E-state index in [-0.39, 0.29) is 11.3 Å². The molecule has 1 saturated heterocycles. The van der Waals surface area contributed by atoms with Crippen molar-refractivity contribution >= 4 is 17.4 Å². The van der Waals surface area contributed by atoms with E-state index in [0.29, 0.717) is 61.2 Å². The average Bonchev–Trinajstić information content (AvgIpc) is 3.28. The summed E-state index contributed by atoms with van der Waals surface area (Å²) < 4.78 is 17.3. The Morgan fingerprint density at radius 3 is 2.27 bits per heavy atom. The summed E-state index contributed by atoms with van der Waals surface area (Å²) in [5.41, 5.74) is 3.13. The molecule has 41 heavy (non-hydrogen) atoms. The molecule has 1 amide bonds. The molecular formula is C34H29NO6. The lowest BCUT2D eigenvalue weighted by atomic mass is 9.95. The third kappa shape index (κ3) is 5.52. The van der Waals surface area contributed by atoms with Gasteiger partial charge >= 0.3 is 0 Å². The maximum Gasteiger partial charge on any atom is 0.295 e. The second kappa shape index (κ2) is 11.6. The number of hydrogen-bond acceptors (Lipinski definition) is 6. The van der Waals surface area contributed by atoms with Crippen molar-refractivity contribution in [3.63, 3.8) is 0 Å². The number of carbonyl (C=O) groups is 2. The summed E-state index contributed by atoms with van der Waals surface area (Å²) in [6.07, 6.45) is 0.554. The summed E-state index contributed by atoms with van der Waals surface area (Å²) in [5.74, 6) is -0.00319. The molecular weight excluding hydrogens is 518 g/mol. The van der Waals surface area contributed by atoms with E-state index in [1.807, 2.05) is 84.9 Å². The lowest BCUT2D eigenvalue weighted by Crippen LogP contribution is -2.31. The first-order chi connectivity index (χ1) is 20.1. The van der Waals surface area contributed by atoms with Gasteiger partial charge in [0.1, 0.15) is 31.3 Å². The SMILES string of the molecule is O=C1C(=O)N(CCc2ccccc2)C(c2cccc(OCc3ccccc3)c2)/C1=C(\O)c1ccc2c(c1)OCCO2. The van der Waals surface area contributed by atoms with Crippen LogP contribution in [0.25, 0.3) is 5.76 Å². The number of likely N-dealkylation sites (tertiary alicyclic amines) is 1. The van der Waals surface area contributed by atoms with Gasteiger partial charge in [0, 0.05) is 12.1 Å². The number of carbonyl (C=O) groups excluding carboxylic acids is 2. The number of amides is 1. The molecule has 0 saturated carbocycles. The molecule has 6 rings (SSSR count). The normalized spacial score (nSPS) is 17.5. The lowest BCUT2D eigenvalue weighted by Gasteiger charge is -2.26. The van der Waals surface area contributed by atoms with E-state index in [0.717, 1.165) is 11.1 Å². The van der Waals surface area contributed by atoms with Crippen molar-refractivity contribution in [3.05, 3.63) is 131 Å². The average molecular weight is 548 g/mol. The van der Waals surface area contributed by atoms with E-state index in [1.54, 1.807) is 18.2 Å². The Labute approximate surface area is 238 Å². The van der Waals surface area contributed by atoms with Gasteiger partial charge in [0.05, 0.1) is 11.6 Å². The number of nitrogens with zero attached hydrogens (tertiary/aromatic N) is 1. The van der Waals surface area contributed by atoms with Crippen LogP contribution in [0.3, 0.4) is 0 Å². The molecule has 1 fully saturated rings. The first kappa shape index (κ1) is 26.2. The van der Waals surface area contributed by atoms with Crippen molar-refractivity contribution in [1.29, 1.82) is 0 Å². The van der Waals surface area contributed by atoms with Crippen molar-refractivity contribution in [3.8, 4) is 17.2 Å². The van der Waals surface area contributed by atoms with Gasteiger partial charge in [-0.2, -0.15) is 0 Å². The van der Waals surface area contributed by atoms with Crippen molar-refractivity contribution in [1.82, 2.24) is 4.90 Å². The smallest absolute Gasteiger partial charge is 0.295 e. The molecule has 1 unspecified atom stereocenters. The summed E-state index contributed by atoms with van der Waals surface area (Å²) in [6.45, 7) is 1.49. The molecule has 2 aliphatic heterocycles. The Balaban J connectivity index is 1.38. The molecule has 1 N–H and O–H groups in total. The van der Waals surface area contributed by atoms with E-state index in [9.17, 15) is 14.7 Å². The minimum absolute atomic E-state index is 0.0277. The Morgan fingerprint density at radius 1 is 0.805 bits per heavy atom. The number of aliphatic hydroxyl groups excluding tert-OH is 1. The third-order valence-corrected chi connectivity index (χ3v) is 7.26. The van der Waals surface area contributed by atoms with E-state index in [1.165, 1.54) is 4.90 Å². The summed E-state index contributed by atoms with van der Waals surface area (Å²) in [6, 6.07) is 31.1. The first-order valence-electron chi connectivity index (χ1n) is 13.6. The Kier molecular flexibility index (Phi) is 7.41. The lowest BCUT2D eigenvalue weighted by molar-refractivity contribution is -0.139. The molecule has 0 spiro atoms. The fourth-order valence-electron chi connectivity index (χ4n) is 5.21. The quantitative estimate of drug-likeness (QED) is 0.173. The van der Waals surface area contributed by atoms with Gasteiger partial charge < -0.3 is 24.2 Å². The molecule has 2 heterocycles. The fraction of sp³-hybridized carbons (Fsp3) is 0.176. The van der Waals surface area contributed by atoms with Gasteiger partial charge in [-0.3, -0.25) is 9.59 Å². The van der Waals surface area contributed by atoms with Crippen LogP contribution in [0.4, 0.5) is 0 Å². The molecule has 7 heteroatoms. The molecule has 1 atom stereocenters. The summed E-state index contributed by atoms with van der Waals surface area (Å²) in [4.78, 5) is 28.5. The summed E-state index contributed by atoms with van der Waals surface area (Å²) in [5, 5.41) is 11.5. The number of Topliss-reactive ketones (excluding diaryl/α,β-unsaturated/α-hetero) is 1. The van der Waals surface area contributed by atoms with Crippen LogP contribution in [-0.4, -0.2) is 41.5 Å². The molecule has 0 bridgehead atoms. The van der Waals surface area contributed by atoms with Gasteiger partial charge in [0.25, 0.3) is 11.7 Å². The van der Waals surface area contributed by atoms with Crippen molar-refractivity contribution in [2.75, 3.05) is 19.8 Å². The van der Waals surface area contributed by atoms with Crippen molar-refractivity contribution in [2.45, 2.75) is 19.1 Å². The standard InChI is InChI=1S/C34H29NO6/c36-32(26-14-15-28-29(21-26)40-19-18-39-28)30-31(35(34(38)33(30)37)17-16-23-8-3-1-4-9-23)25-12-7-13-27(20-25)41-22-24-10-5-2-6-11-24/h1-15,20-21,31,36H,16-19,22H2/b32-30+. The fourth-order valence-corrected chi connectivity index (χ4v) is 5.21. The van der Waals surface area contributed by atoms with E-state index in [2.05, 4.69) is 0 Å². The minimum atomic E-state index is -0.799. The van der Waals surface area contributed by atoms with Gasteiger partial charge in [-0.25, -0.2) is 0 Å². The van der Waals surface area contributed by atoms with Crippen LogP contribution in [0.5, 0.6) is 17.2 Å². The molecule has 206 valence electrons. The predicted molar refractivity (Wildman–Crippen MR) is 154 cm³/mol. The van der Waals surface area contributed by atoms with Gasteiger partial charge in [-0.1, -0.05) is 72.8 Å².